The molecule has 1 rings (SSSR count). The molecule has 112 valence electrons. The van der Waals surface area contributed by atoms with Gasteiger partial charge in [0.2, 0.25) is 6.61 Å². The van der Waals surface area contributed by atoms with Gasteiger partial charge in [-0.3, -0.25) is 0 Å². The average Bonchev–Trinajstić information content (AvgIpc) is 2.51. The van der Waals surface area contributed by atoms with Crippen molar-refractivity contribution in [3.05, 3.63) is 35.9 Å². The zero-order chi connectivity index (χ0) is 15.7. The van der Waals surface area contributed by atoms with Gasteiger partial charge in [0.15, 0.2) is 0 Å². The van der Waals surface area contributed by atoms with Crippen LogP contribution in [0, 0.1) is 17.3 Å². The van der Waals surface area contributed by atoms with Gasteiger partial charge in [0, 0.05) is 15.4 Å². The second kappa shape index (κ2) is 8.67. The van der Waals surface area contributed by atoms with Crippen molar-refractivity contribution in [2.75, 3.05) is 18.1 Å². The van der Waals surface area contributed by atoms with Crippen molar-refractivity contribution in [1.29, 1.82) is 0 Å². The van der Waals surface area contributed by atoms with Crippen LogP contribution in [0.15, 0.2) is 35.5 Å². The average molecular weight is 399 g/mol. The third kappa shape index (κ3) is 6.17. The first-order valence-electron chi connectivity index (χ1n) is 6.40. The van der Waals surface area contributed by atoms with Crippen LogP contribution in [0.2, 0.25) is 0 Å². The van der Waals surface area contributed by atoms with Crippen LogP contribution < -0.4 is 0 Å². The molecule has 5 heteroatoms. The second-order valence-electron chi connectivity index (χ2n) is 4.92. The van der Waals surface area contributed by atoms with Gasteiger partial charge in [-0.15, -0.1) is 0 Å². The predicted octanol–water partition coefficient (Wildman–Crippen LogP) is 3.04. The molecule has 0 N–H and O–H groups in total. The number of hydrogen-bond acceptors (Lipinski definition) is 4. The predicted molar refractivity (Wildman–Crippen MR) is 91.4 cm³/mol. The van der Waals surface area contributed by atoms with Crippen LogP contribution in [0.25, 0.3) is 0 Å². The molecule has 0 unspecified atom stereocenters. The first-order valence-corrected chi connectivity index (χ1v) is 7.92. The lowest BCUT2D eigenvalue weighted by Gasteiger charge is -2.19. The summed E-state index contributed by atoms with van der Waals surface area (Å²) in [6, 6.07) is 9.65. The number of halogens is 1. The number of esters is 1. The highest BCUT2D eigenvalue weighted by Crippen LogP contribution is 2.21. The summed E-state index contributed by atoms with van der Waals surface area (Å²) in [6.07, 6.45) is 0. The summed E-state index contributed by atoms with van der Waals surface area (Å²) in [6.45, 7) is 3.84. The van der Waals surface area contributed by atoms with Crippen molar-refractivity contribution < 1.29 is 14.4 Å². The number of carbonyl (C=O) groups excluding carboxylic acids is 1. The number of nitrogens with zero attached hydrogens (tertiary/aromatic N) is 1. The highest BCUT2D eigenvalue weighted by molar-refractivity contribution is 14.1. The summed E-state index contributed by atoms with van der Waals surface area (Å²) in [5, 5.41) is 4.01. The van der Waals surface area contributed by atoms with E-state index in [0.717, 1.165) is 9.99 Å². The van der Waals surface area contributed by atoms with Gasteiger partial charge in [-0.2, -0.15) is 0 Å². The molecule has 0 atom stereocenters. The molecule has 0 aliphatic rings. The first kappa shape index (κ1) is 17.5. The largest absolute Gasteiger partial charge is 0.466 e. The Morgan fingerprint density at radius 1 is 1.33 bits per heavy atom. The van der Waals surface area contributed by atoms with Crippen molar-refractivity contribution >= 4 is 34.3 Å². The molecule has 0 aromatic heterocycles. The number of methoxy groups -OCH3 is 1. The molecule has 0 aliphatic heterocycles. The highest BCUT2D eigenvalue weighted by atomic mass is 127. The zero-order valence-electron chi connectivity index (χ0n) is 12.4. The van der Waals surface area contributed by atoms with E-state index in [0.29, 0.717) is 5.71 Å². The Balaban J connectivity index is 2.91. The van der Waals surface area contributed by atoms with Crippen LogP contribution in [0.5, 0.6) is 0 Å². The number of hydrogen-bond donors (Lipinski definition) is 0. The maximum Gasteiger partial charge on any atom is 0.346 e. The molecule has 21 heavy (non-hydrogen) atoms. The fraction of sp³-hybridized carbons (Fsp3) is 0.375. The van der Waals surface area contributed by atoms with E-state index in [1.165, 1.54) is 7.11 Å². The third-order valence-electron chi connectivity index (χ3n) is 2.64. The molecule has 0 saturated heterocycles. The minimum atomic E-state index is -0.471. The standard InChI is InChI=1S/C16H18INO3/c1-16(2,12-17)14(18-21-11-15(19)20-3)10-9-13-7-5-4-6-8-13/h4-8H,11-12H2,1-3H3/b18-14+. The van der Waals surface area contributed by atoms with Crippen molar-refractivity contribution in [3.8, 4) is 11.8 Å². The number of rotatable bonds is 5. The minimum Gasteiger partial charge on any atom is -0.466 e. The Labute approximate surface area is 139 Å². The van der Waals surface area contributed by atoms with E-state index >= 15 is 0 Å². The van der Waals surface area contributed by atoms with Crippen LogP contribution in [0.3, 0.4) is 0 Å². The first-order chi connectivity index (χ1) is 9.99. The summed E-state index contributed by atoms with van der Waals surface area (Å²) in [7, 11) is 1.31. The fourth-order valence-corrected chi connectivity index (χ4v) is 1.60. The summed E-state index contributed by atoms with van der Waals surface area (Å²) in [5.74, 6) is 5.62. The van der Waals surface area contributed by atoms with Crippen molar-refractivity contribution in [3.63, 3.8) is 0 Å². The Kier molecular flexibility index (Phi) is 7.23. The molecule has 0 radical (unpaired) electrons. The quantitative estimate of drug-likeness (QED) is 0.191. The number of benzene rings is 1. The van der Waals surface area contributed by atoms with Gasteiger partial charge in [-0.05, 0) is 18.1 Å². The van der Waals surface area contributed by atoms with Crippen molar-refractivity contribution in [2.24, 2.45) is 10.6 Å². The Bertz CT molecular complexity index is 556. The molecule has 0 bridgehead atoms. The van der Waals surface area contributed by atoms with E-state index in [2.05, 4.69) is 44.3 Å². The molecular formula is C16H18INO3. The number of ether oxygens (including phenoxy) is 1. The summed E-state index contributed by atoms with van der Waals surface area (Å²) < 4.78 is 5.33. The zero-order valence-corrected chi connectivity index (χ0v) is 14.5. The maximum atomic E-state index is 11.0. The van der Waals surface area contributed by atoms with Crippen LogP contribution >= 0.6 is 22.6 Å². The van der Waals surface area contributed by atoms with Crippen LogP contribution in [0.4, 0.5) is 0 Å². The van der Waals surface area contributed by atoms with E-state index in [1.54, 1.807) is 0 Å². The molecular weight excluding hydrogens is 381 g/mol. The summed E-state index contributed by atoms with van der Waals surface area (Å²) in [5.41, 5.74) is 1.27. The van der Waals surface area contributed by atoms with Gasteiger partial charge in [-0.25, -0.2) is 4.79 Å². The Morgan fingerprint density at radius 3 is 2.57 bits per heavy atom. The molecule has 1 aromatic carbocycles. The molecule has 0 amide bonds. The Hall–Kier alpha value is -1.55. The van der Waals surface area contributed by atoms with Crippen molar-refractivity contribution in [2.45, 2.75) is 13.8 Å². The van der Waals surface area contributed by atoms with Gasteiger partial charge < -0.3 is 9.57 Å². The fourth-order valence-electron chi connectivity index (χ4n) is 1.24. The van der Waals surface area contributed by atoms with E-state index in [1.807, 2.05) is 44.2 Å². The van der Waals surface area contributed by atoms with E-state index in [-0.39, 0.29) is 12.0 Å². The smallest absolute Gasteiger partial charge is 0.346 e. The Morgan fingerprint density at radius 2 is 2.00 bits per heavy atom. The lowest BCUT2D eigenvalue weighted by Crippen LogP contribution is -2.25. The lowest BCUT2D eigenvalue weighted by molar-refractivity contribution is -0.145. The van der Waals surface area contributed by atoms with E-state index in [9.17, 15) is 4.79 Å². The molecule has 0 heterocycles. The van der Waals surface area contributed by atoms with Crippen LogP contribution in [-0.4, -0.2) is 29.8 Å². The molecule has 0 fully saturated rings. The van der Waals surface area contributed by atoms with Crippen LogP contribution in [0.1, 0.15) is 19.4 Å². The van der Waals surface area contributed by atoms with Crippen LogP contribution in [-0.2, 0) is 14.4 Å². The second-order valence-corrected chi connectivity index (χ2v) is 5.69. The SMILES string of the molecule is COC(=O)CO/N=C(\C#Cc1ccccc1)C(C)(C)CI. The van der Waals surface area contributed by atoms with Gasteiger partial charge in [0.1, 0.15) is 5.71 Å². The normalized spacial score (nSPS) is 11.3. The highest BCUT2D eigenvalue weighted by Gasteiger charge is 2.23. The molecule has 0 spiro atoms. The van der Waals surface area contributed by atoms with Gasteiger partial charge in [-0.1, -0.05) is 65.7 Å². The molecule has 0 saturated carbocycles. The summed E-state index contributed by atoms with van der Waals surface area (Å²) >= 11 is 2.28. The van der Waals surface area contributed by atoms with E-state index < -0.39 is 5.97 Å². The summed E-state index contributed by atoms with van der Waals surface area (Å²) in [4.78, 5) is 16.1. The van der Waals surface area contributed by atoms with Gasteiger partial charge in [0.05, 0.1) is 7.11 Å². The minimum absolute atomic E-state index is 0.218. The number of alkyl halides is 1. The monoisotopic (exact) mass is 399 g/mol. The number of carbonyl (C=O) groups is 1. The molecule has 1 aromatic rings. The molecule has 0 aliphatic carbocycles. The third-order valence-corrected chi connectivity index (χ3v) is 4.55. The van der Waals surface area contributed by atoms with Crippen molar-refractivity contribution in [1.82, 2.24) is 0 Å². The molecule has 4 nitrogen and oxygen atoms in total. The van der Waals surface area contributed by atoms with E-state index in [4.69, 9.17) is 4.84 Å². The topological polar surface area (TPSA) is 47.9 Å². The lowest BCUT2D eigenvalue weighted by atomic mass is 9.90. The van der Waals surface area contributed by atoms with Gasteiger partial charge in [0.25, 0.3) is 0 Å². The number of oxime groups is 1. The van der Waals surface area contributed by atoms with Gasteiger partial charge >= 0.3 is 5.97 Å². The maximum absolute atomic E-state index is 11.0.